The predicted octanol–water partition coefficient (Wildman–Crippen LogP) is 2.24. The highest BCUT2D eigenvalue weighted by Gasteiger charge is 2.21. The van der Waals surface area contributed by atoms with Gasteiger partial charge < -0.3 is 14.8 Å². The van der Waals surface area contributed by atoms with E-state index < -0.39 is 22.5 Å². The first-order chi connectivity index (χ1) is 12.3. The Balaban J connectivity index is 2.09. The minimum atomic E-state index is -3.92. The maximum absolute atomic E-state index is 12.5. The first kappa shape index (κ1) is 19.7. The lowest BCUT2D eigenvalue weighted by molar-refractivity contribution is -0.115. The number of ether oxygens (including phenoxy) is 2. The molecule has 2 aromatic carbocycles. The van der Waals surface area contributed by atoms with E-state index in [1.165, 1.54) is 32.4 Å². The molecule has 0 fully saturated rings. The average molecular weight is 378 g/mol. The number of hydrogen-bond donors (Lipinski definition) is 2. The van der Waals surface area contributed by atoms with E-state index in [9.17, 15) is 13.2 Å². The van der Waals surface area contributed by atoms with Crippen LogP contribution in [-0.4, -0.2) is 35.1 Å². The number of aryl methyl sites for hydroxylation is 2. The van der Waals surface area contributed by atoms with Crippen molar-refractivity contribution < 1.29 is 22.7 Å². The molecule has 0 aliphatic rings. The molecule has 140 valence electrons. The number of rotatable bonds is 7. The van der Waals surface area contributed by atoms with Gasteiger partial charge in [-0.1, -0.05) is 17.7 Å². The fourth-order valence-electron chi connectivity index (χ4n) is 2.38. The van der Waals surface area contributed by atoms with Gasteiger partial charge in [0.25, 0.3) is 0 Å². The van der Waals surface area contributed by atoms with Crippen LogP contribution in [-0.2, 0) is 14.8 Å². The molecule has 7 nitrogen and oxygen atoms in total. The summed E-state index contributed by atoms with van der Waals surface area (Å²) in [5.41, 5.74) is 2.62. The minimum Gasteiger partial charge on any atom is -0.497 e. The summed E-state index contributed by atoms with van der Waals surface area (Å²) in [5, 5.41) is 2.69. The SMILES string of the molecule is COc1ccc(S(=O)(=O)NCC(=O)Nc2ccc(C)cc2C)c(OC)c1. The van der Waals surface area contributed by atoms with E-state index in [0.717, 1.165) is 11.1 Å². The van der Waals surface area contributed by atoms with Crippen LogP contribution in [0.4, 0.5) is 5.69 Å². The highest BCUT2D eigenvalue weighted by molar-refractivity contribution is 7.89. The average Bonchev–Trinajstić information content (AvgIpc) is 2.61. The van der Waals surface area contributed by atoms with Crippen molar-refractivity contribution in [3.8, 4) is 11.5 Å². The Morgan fingerprint density at radius 3 is 2.38 bits per heavy atom. The molecule has 2 N–H and O–H groups in total. The number of methoxy groups -OCH3 is 2. The number of benzene rings is 2. The number of nitrogens with one attached hydrogen (secondary N) is 2. The zero-order chi connectivity index (χ0) is 19.3. The Morgan fingerprint density at radius 1 is 1.04 bits per heavy atom. The number of anilines is 1. The molecule has 0 spiro atoms. The van der Waals surface area contributed by atoms with Gasteiger partial charge in [-0.05, 0) is 37.6 Å². The number of carbonyl (C=O) groups excluding carboxylic acids is 1. The number of carbonyl (C=O) groups is 1. The summed E-state index contributed by atoms with van der Waals surface area (Å²) >= 11 is 0. The maximum Gasteiger partial charge on any atom is 0.244 e. The Labute approximate surface area is 153 Å². The third-order valence-electron chi connectivity index (χ3n) is 3.74. The van der Waals surface area contributed by atoms with Gasteiger partial charge in [0, 0.05) is 11.8 Å². The molecule has 0 saturated heterocycles. The molecule has 0 atom stereocenters. The summed E-state index contributed by atoms with van der Waals surface area (Å²) in [6.07, 6.45) is 0. The van der Waals surface area contributed by atoms with E-state index in [2.05, 4.69) is 10.0 Å². The lowest BCUT2D eigenvalue weighted by Gasteiger charge is -2.13. The molecule has 1 amide bonds. The van der Waals surface area contributed by atoms with Gasteiger partial charge in [-0.3, -0.25) is 4.79 Å². The van der Waals surface area contributed by atoms with Crippen LogP contribution in [0, 0.1) is 13.8 Å². The topological polar surface area (TPSA) is 93.7 Å². The van der Waals surface area contributed by atoms with Gasteiger partial charge in [-0.25, -0.2) is 13.1 Å². The molecule has 2 aromatic rings. The molecule has 0 unspecified atom stereocenters. The van der Waals surface area contributed by atoms with Crippen LogP contribution in [0.25, 0.3) is 0 Å². The Bertz CT molecular complexity index is 910. The zero-order valence-electron chi connectivity index (χ0n) is 15.1. The van der Waals surface area contributed by atoms with Crippen molar-refractivity contribution in [1.82, 2.24) is 4.72 Å². The molecule has 0 saturated carbocycles. The van der Waals surface area contributed by atoms with E-state index in [4.69, 9.17) is 9.47 Å². The second-order valence-corrected chi connectivity index (χ2v) is 7.44. The van der Waals surface area contributed by atoms with Crippen LogP contribution < -0.4 is 19.5 Å². The van der Waals surface area contributed by atoms with Crippen molar-refractivity contribution >= 4 is 21.6 Å². The summed E-state index contributed by atoms with van der Waals surface area (Å²) in [4.78, 5) is 12.0. The van der Waals surface area contributed by atoms with Crippen molar-refractivity contribution in [1.29, 1.82) is 0 Å². The smallest absolute Gasteiger partial charge is 0.244 e. The highest BCUT2D eigenvalue weighted by atomic mass is 32.2. The molecule has 0 aliphatic heterocycles. The Morgan fingerprint density at radius 2 is 1.77 bits per heavy atom. The third-order valence-corrected chi connectivity index (χ3v) is 5.18. The third kappa shape index (κ3) is 4.74. The van der Waals surface area contributed by atoms with Crippen LogP contribution in [0.15, 0.2) is 41.3 Å². The van der Waals surface area contributed by atoms with Gasteiger partial charge in [0.1, 0.15) is 16.4 Å². The largest absolute Gasteiger partial charge is 0.497 e. The highest BCUT2D eigenvalue weighted by Crippen LogP contribution is 2.28. The standard InChI is InChI=1S/C18H22N2O5S/c1-12-5-7-15(13(2)9-12)20-18(21)11-19-26(22,23)17-8-6-14(24-3)10-16(17)25-4/h5-10,19H,11H2,1-4H3,(H,20,21). The molecule has 0 heterocycles. The van der Waals surface area contributed by atoms with E-state index >= 15 is 0 Å². The molecule has 0 aliphatic carbocycles. The predicted molar refractivity (Wildman–Crippen MR) is 99.3 cm³/mol. The second-order valence-electron chi connectivity index (χ2n) is 5.71. The van der Waals surface area contributed by atoms with Crippen molar-refractivity contribution in [2.24, 2.45) is 0 Å². The lowest BCUT2D eigenvalue weighted by atomic mass is 10.1. The molecule has 0 radical (unpaired) electrons. The van der Waals surface area contributed by atoms with E-state index in [-0.39, 0.29) is 10.6 Å². The molecule has 8 heteroatoms. The van der Waals surface area contributed by atoms with Crippen molar-refractivity contribution in [2.45, 2.75) is 18.7 Å². The lowest BCUT2D eigenvalue weighted by Crippen LogP contribution is -2.33. The first-order valence-electron chi connectivity index (χ1n) is 7.85. The summed E-state index contributed by atoms with van der Waals surface area (Å²) in [5.74, 6) is 0.132. The molecule has 2 rings (SSSR count). The minimum absolute atomic E-state index is 0.0693. The zero-order valence-corrected chi connectivity index (χ0v) is 15.9. The summed E-state index contributed by atoms with van der Waals surface area (Å²) in [6.45, 7) is 3.43. The number of sulfonamides is 1. The molecule has 0 bridgehead atoms. The van der Waals surface area contributed by atoms with Crippen molar-refractivity contribution in [3.63, 3.8) is 0 Å². The van der Waals surface area contributed by atoms with Gasteiger partial charge in [0.2, 0.25) is 15.9 Å². The fourth-order valence-corrected chi connectivity index (χ4v) is 3.51. The Hall–Kier alpha value is -2.58. The maximum atomic E-state index is 12.5. The molecule has 26 heavy (non-hydrogen) atoms. The quantitative estimate of drug-likeness (QED) is 0.771. The second kappa shape index (κ2) is 8.20. The van der Waals surface area contributed by atoms with Crippen molar-refractivity contribution in [3.05, 3.63) is 47.5 Å². The summed E-state index contributed by atoms with van der Waals surface area (Å²) in [6, 6.07) is 9.92. The fraction of sp³-hybridized carbons (Fsp3) is 0.278. The summed E-state index contributed by atoms with van der Waals surface area (Å²) < 4.78 is 37.4. The first-order valence-corrected chi connectivity index (χ1v) is 9.34. The van der Waals surface area contributed by atoms with Crippen LogP contribution in [0.5, 0.6) is 11.5 Å². The van der Waals surface area contributed by atoms with Gasteiger partial charge in [-0.15, -0.1) is 0 Å². The van der Waals surface area contributed by atoms with Gasteiger partial charge in [0.15, 0.2) is 0 Å². The molecular formula is C18H22N2O5S. The van der Waals surface area contributed by atoms with Gasteiger partial charge >= 0.3 is 0 Å². The van der Waals surface area contributed by atoms with Gasteiger partial charge in [0.05, 0.1) is 20.8 Å². The number of hydrogen-bond acceptors (Lipinski definition) is 5. The van der Waals surface area contributed by atoms with Gasteiger partial charge in [-0.2, -0.15) is 0 Å². The molecule has 0 aromatic heterocycles. The number of amides is 1. The van der Waals surface area contributed by atoms with E-state index in [0.29, 0.717) is 11.4 Å². The van der Waals surface area contributed by atoms with Crippen LogP contribution in [0.1, 0.15) is 11.1 Å². The summed E-state index contributed by atoms with van der Waals surface area (Å²) in [7, 11) is -1.09. The van der Waals surface area contributed by atoms with Crippen LogP contribution in [0.2, 0.25) is 0 Å². The van der Waals surface area contributed by atoms with E-state index in [1.54, 1.807) is 6.07 Å². The van der Waals surface area contributed by atoms with Crippen LogP contribution >= 0.6 is 0 Å². The van der Waals surface area contributed by atoms with E-state index in [1.807, 2.05) is 26.0 Å². The van der Waals surface area contributed by atoms with Crippen molar-refractivity contribution in [2.75, 3.05) is 26.1 Å². The molecular weight excluding hydrogens is 356 g/mol. The normalized spacial score (nSPS) is 11.1. The Kier molecular flexibility index (Phi) is 6.23. The monoisotopic (exact) mass is 378 g/mol. The van der Waals surface area contributed by atoms with Crippen LogP contribution in [0.3, 0.4) is 0 Å².